The number of carbonyl (C=O) groups is 1. The quantitative estimate of drug-likeness (QED) is 0.337. The van der Waals surface area contributed by atoms with Crippen LogP contribution in [0, 0.1) is 0 Å². The maximum absolute atomic E-state index is 11.4. The zero-order chi connectivity index (χ0) is 11.5. The minimum Gasteiger partial charge on any atom is -0.436 e. The third-order valence-electron chi connectivity index (χ3n) is 2.12. The van der Waals surface area contributed by atoms with Crippen molar-refractivity contribution in [3.8, 4) is 0 Å². The molecule has 3 nitrogen and oxygen atoms in total. The fourth-order valence-corrected chi connectivity index (χ4v) is 1.32. The van der Waals surface area contributed by atoms with Gasteiger partial charge in [-0.2, -0.15) is 0 Å². The number of hydrogen-bond donors (Lipinski definition) is 0. The molecule has 0 aliphatic heterocycles. The average molecular weight is 216 g/mol. The Balaban J connectivity index is 3.67. The van der Waals surface area contributed by atoms with Gasteiger partial charge in [0.05, 0.1) is 0 Å². The van der Waals surface area contributed by atoms with Gasteiger partial charge >= 0.3 is 5.97 Å². The zero-order valence-corrected chi connectivity index (χ0v) is 10.3. The molecule has 0 N–H and O–H groups in total. The van der Waals surface area contributed by atoms with Crippen molar-refractivity contribution >= 4 is 5.97 Å². The Morgan fingerprint density at radius 3 is 2.40 bits per heavy atom. The Hall–Kier alpha value is -0.570. The molecule has 15 heavy (non-hydrogen) atoms. The lowest BCUT2D eigenvalue weighted by atomic mass is 10.2. The highest BCUT2D eigenvalue weighted by Crippen LogP contribution is 2.08. The molecule has 1 atom stereocenters. The van der Waals surface area contributed by atoms with Crippen LogP contribution < -0.4 is 0 Å². The molecule has 0 aliphatic carbocycles. The Morgan fingerprint density at radius 2 is 1.87 bits per heavy atom. The molecule has 0 amide bonds. The zero-order valence-electron chi connectivity index (χ0n) is 10.3. The monoisotopic (exact) mass is 216 g/mol. The van der Waals surface area contributed by atoms with Crippen LogP contribution in [0.3, 0.4) is 0 Å². The van der Waals surface area contributed by atoms with Crippen LogP contribution in [0.1, 0.15) is 59.3 Å². The molecule has 0 heterocycles. The summed E-state index contributed by atoms with van der Waals surface area (Å²) in [6.45, 7) is 6.67. The Kier molecular flexibility index (Phi) is 9.59. The summed E-state index contributed by atoms with van der Waals surface area (Å²) in [6.07, 6.45) is 5.05. The third kappa shape index (κ3) is 8.43. The van der Waals surface area contributed by atoms with Gasteiger partial charge in [0.25, 0.3) is 0 Å². The largest absolute Gasteiger partial charge is 0.436 e. The summed E-state index contributed by atoms with van der Waals surface area (Å²) in [5.74, 6) is -0.129. The Labute approximate surface area is 93.1 Å². The van der Waals surface area contributed by atoms with E-state index in [1.54, 1.807) is 0 Å². The van der Waals surface area contributed by atoms with Crippen LogP contribution in [0.15, 0.2) is 0 Å². The van der Waals surface area contributed by atoms with E-state index >= 15 is 0 Å². The van der Waals surface area contributed by atoms with Crippen LogP contribution >= 0.6 is 0 Å². The lowest BCUT2D eigenvalue weighted by Crippen LogP contribution is -2.21. The highest BCUT2D eigenvalue weighted by atomic mass is 16.7. The predicted octanol–water partition coefficient (Wildman–Crippen LogP) is 3.27. The first-order chi connectivity index (χ1) is 7.24. The van der Waals surface area contributed by atoms with E-state index in [1.165, 1.54) is 0 Å². The maximum atomic E-state index is 11.4. The summed E-state index contributed by atoms with van der Waals surface area (Å²) in [5, 5.41) is 0. The van der Waals surface area contributed by atoms with E-state index in [1.807, 2.05) is 6.92 Å². The molecule has 0 bridgehead atoms. The van der Waals surface area contributed by atoms with Crippen molar-refractivity contribution < 1.29 is 14.3 Å². The lowest BCUT2D eigenvalue weighted by molar-refractivity contribution is -0.179. The second-order valence-electron chi connectivity index (χ2n) is 3.62. The molecule has 0 aromatic rings. The van der Waals surface area contributed by atoms with Gasteiger partial charge in [0.2, 0.25) is 6.29 Å². The van der Waals surface area contributed by atoms with E-state index < -0.39 is 0 Å². The highest BCUT2D eigenvalue weighted by molar-refractivity contribution is 5.69. The van der Waals surface area contributed by atoms with Crippen molar-refractivity contribution in [3.05, 3.63) is 0 Å². The molecule has 0 saturated carbocycles. The molecule has 0 aromatic heterocycles. The van der Waals surface area contributed by atoms with Crippen LogP contribution in [0.4, 0.5) is 0 Å². The SMILES string of the molecule is CCCCCC(=O)OC(CCC)OCC. The summed E-state index contributed by atoms with van der Waals surface area (Å²) in [5.41, 5.74) is 0. The average Bonchev–Trinajstić information content (AvgIpc) is 2.19. The number of esters is 1. The molecular weight excluding hydrogens is 192 g/mol. The van der Waals surface area contributed by atoms with Crippen molar-refractivity contribution in [2.75, 3.05) is 6.61 Å². The molecule has 0 spiro atoms. The van der Waals surface area contributed by atoms with Crippen molar-refractivity contribution in [2.45, 2.75) is 65.6 Å². The minimum atomic E-state index is -0.339. The van der Waals surface area contributed by atoms with Gasteiger partial charge in [-0.15, -0.1) is 0 Å². The molecule has 90 valence electrons. The number of rotatable bonds is 9. The van der Waals surface area contributed by atoms with Gasteiger partial charge in [-0.05, 0) is 13.3 Å². The van der Waals surface area contributed by atoms with Crippen molar-refractivity contribution in [1.29, 1.82) is 0 Å². The predicted molar refractivity (Wildman–Crippen MR) is 60.6 cm³/mol. The number of unbranched alkanes of at least 4 members (excludes halogenated alkanes) is 2. The molecule has 0 saturated heterocycles. The van der Waals surface area contributed by atoms with Crippen molar-refractivity contribution in [3.63, 3.8) is 0 Å². The highest BCUT2D eigenvalue weighted by Gasteiger charge is 2.12. The van der Waals surface area contributed by atoms with Crippen LogP contribution in [0.2, 0.25) is 0 Å². The lowest BCUT2D eigenvalue weighted by Gasteiger charge is -2.16. The van der Waals surface area contributed by atoms with E-state index in [4.69, 9.17) is 9.47 Å². The molecule has 0 rings (SSSR count). The van der Waals surface area contributed by atoms with E-state index in [0.29, 0.717) is 13.0 Å². The van der Waals surface area contributed by atoms with Gasteiger partial charge in [-0.3, -0.25) is 4.79 Å². The topological polar surface area (TPSA) is 35.5 Å². The smallest absolute Gasteiger partial charge is 0.308 e. The van der Waals surface area contributed by atoms with Crippen molar-refractivity contribution in [2.24, 2.45) is 0 Å². The van der Waals surface area contributed by atoms with Gasteiger partial charge in [0.15, 0.2) is 0 Å². The fraction of sp³-hybridized carbons (Fsp3) is 0.917. The molecule has 0 radical (unpaired) electrons. The first-order valence-electron chi connectivity index (χ1n) is 6.05. The minimum absolute atomic E-state index is 0.129. The van der Waals surface area contributed by atoms with Crippen LogP contribution in [-0.2, 0) is 14.3 Å². The van der Waals surface area contributed by atoms with E-state index in [2.05, 4.69) is 13.8 Å². The number of carbonyl (C=O) groups excluding carboxylic acids is 1. The standard InChI is InChI=1S/C12H24O3/c1-4-7-8-10-11(13)15-12(9-5-2)14-6-3/h12H,4-10H2,1-3H3. The normalized spacial score (nSPS) is 12.5. The fourth-order valence-electron chi connectivity index (χ4n) is 1.32. The second-order valence-corrected chi connectivity index (χ2v) is 3.62. The number of ether oxygens (including phenoxy) is 2. The summed E-state index contributed by atoms with van der Waals surface area (Å²) in [7, 11) is 0. The van der Waals surface area contributed by atoms with Crippen LogP contribution in [0.25, 0.3) is 0 Å². The summed E-state index contributed by atoms with van der Waals surface area (Å²) in [6, 6.07) is 0. The summed E-state index contributed by atoms with van der Waals surface area (Å²) in [4.78, 5) is 11.4. The molecule has 0 aromatic carbocycles. The Morgan fingerprint density at radius 1 is 1.13 bits per heavy atom. The number of hydrogen-bond acceptors (Lipinski definition) is 3. The molecule has 0 aliphatic rings. The van der Waals surface area contributed by atoms with Crippen LogP contribution in [-0.4, -0.2) is 18.9 Å². The van der Waals surface area contributed by atoms with Gasteiger partial charge in [0, 0.05) is 19.4 Å². The summed E-state index contributed by atoms with van der Waals surface area (Å²) < 4.78 is 10.5. The van der Waals surface area contributed by atoms with Gasteiger partial charge in [-0.1, -0.05) is 33.1 Å². The molecular formula is C12H24O3. The van der Waals surface area contributed by atoms with E-state index in [0.717, 1.165) is 32.1 Å². The molecule has 3 heteroatoms. The summed E-state index contributed by atoms with van der Waals surface area (Å²) >= 11 is 0. The van der Waals surface area contributed by atoms with Crippen LogP contribution in [0.5, 0.6) is 0 Å². The van der Waals surface area contributed by atoms with E-state index in [9.17, 15) is 4.79 Å². The molecule has 1 unspecified atom stereocenters. The van der Waals surface area contributed by atoms with Gasteiger partial charge in [-0.25, -0.2) is 0 Å². The van der Waals surface area contributed by atoms with Crippen molar-refractivity contribution in [1.82, 2.24) is 0 Å². The first kappa shape index (κ1) is 14.4. The second kappa shape index (κ2) is 9.97. The Bertz CT molecular complexity index is 151. The third-order valence-corrected chi connectivity index (χ3v) is 2.12. The van der Waals surface area contributed by atoms with Gasteiger partial charge < -0.3 is 9.47 Å². The van der Waals surface area contributed by atoms with E-state index in [-0.39, 0.29) is 12.3 Å². The first-order valence-corrected chi connectivity index (χ1v) is 6.05. The maximum Gasteiger partial charge on any atom is 0.308 e. The van der Waals surface area contributed by atoms with Gasteiger partial charge in [0.1, 0.15) is 0 Å². The molecule has 0 fully saturated rings.